The fourth-order valence-electron chi connectivity index (χ4n) is 3.98. The zero-order valence-electron chi connectivity index (χ0n) is 15.9. The Morgan fingerprint density at radius 3 is 2.41 bits per heavy atom. The van der Waals surface area contributed by atoms with Crippen molar-refractivity contribution in [3.63, 3.8) is 0 Å². The van der Waals surface area contributed by atoms with Crippen molar-refractivity contribution in [3.8, 4) is 0 Å². The second-order valence-corrected chi connectivity index (χ2v) is 7.64. The minimum Gasteiger partial charge on any atom is -0.372 e. The van der Waals surface area contributed by atoms with Crippen molar-refractivity contribution in [2.45, 2.75) is 44.4 Å². The first-order valence-corrected chi connectivity index (χ1v) is 9.72. The highest BCUT2D eigenvalue weighted by atomic mass is 16.5. The van der Waals surface area contributed by atoms with E-state index < -0.39 is 0 Å². The lowest BCUT2D eigenvalue weighted by atomic mass is 10.1. The second-order valence-electron chi connectivity index (χ2n) is 7.64. The quantitative estimate of drug-likeness (QED) is 0.862. The minimum absolute atomic E-state index is 0.139. The second kappa shape index (κ2) is 7.61. The topological polar surface area (TPSA) is 53.6 Å². The lowest BCUT2D eigenvalue weighted by Crippen LogP contribution is -2.45. The summed E-state index contributed by atoms with van der Waals surface area (Å²) in [5.41, 5.74) is 3.18. The van der Waals surface area contributed by atoms with Crippen molar-refractivity contribution < 1.29 is 9.53 Å². The molecule has 2 aromatic carbocycles. The summed E-state index contributed by atoms with van der Waals surface area (Å²) in [5, 5.41) is 6.15. The molecule has 0 radical (unpaired) electrons. The Hall–Kier alpha value is -2.53. The van der Waals surface area contributed by atoms with Crippen LogP contribution in [0.25, 0.3) is 0 Å². The maximum absolute atomic E-state index is 12.5. The number of carbonyl (C=O) groups excluding carboxylic acids is 1. The van der Waals surface area contributed by atoms with Crippen LogP contribution in [-0.4, -0.2) is 37.4 Å². The molecule has 1 aliphatic carbocycles. The molecule has 1 saturated carbocycles. The molecule has 4 atom stereocenters. The molecule has 0 bridgehead atoms. The number of hydrogen-bond donors (Lipinski definition) is 2. The summed E-state index contributed by atoms with van der Waals surface area (Å²) < 4.78 is 5.83. The number of nitrogens with one attached hydrogen (secondary N) is 2. The van der Waals surface area contributed by atoms with E-state index in [-0.39, 0.29) is 24.3 Å². The molecule has 2 amide bonds. The molecule has 0 spiro atoms. The summed E-state index contributed by atoms with van der Waals surface area (Å²) in [6.45, 7) is 5.82. The van der Waals surface area contributed by atoms with Gasteiger partial charge in [-0.3, -0.25) is 0 Å². The molecule has 27 heavy (non-hydrogen) atoms. The molecule has 4 unspecified atom stereocenters. The maximum atomic E-state index is 12.5. The number of benzene rings is 2. The van der Waals surface area contributed by atoms with Crippen LogP contribution >= 0.6 is 0 Å². The van der Waals surface area contributed by atoms with Gasteiger partial charge in [0.05, 0.1) is 23.6 Å². The van der Waals surface area contributed by atoms with Crippen molar-refractivity contribution in [2.24, 2.45) is 0 Å². The predicted molar refractivity (Wildman–Crippen MR) is 108 cm³/mol. The molecule has 2 N–H and O–H groups in total. The summed E-state index contributed by atoms with van der Waals surface area (Å²) in [6.07, 6.45) is 1.35. The molecule has 0 aromatic heterocycles. The summed E-state index contributed by atoms with van der Waals surface area (Å²) in [4.78, 5) is 14.8. The first-order valence-electron chi connectivity index (χ1n) is 9.72. The Morgan fingerprint density at radius 1 is 1.00 bits per heavy atom. The number of hydrogen-bond acceptors (Lipinski definition) is 3. The van der Waals surface area contributed by atoms with Crippen molar-refractivity contribution in [2.75, 3.05) is 23.3 Å². The molecular weight excluding hydrogens is 338 g/mol. The number of morpholine rings is 1. The van der Waals surface area contributed by atoms with E-state index in [0.717, 1.165) is 30.9 Å². The number of carbonyl (C=O) groups is 1. The highest BCUT2D eigenvalue weighted by Gasteiger charge is 2.39. The van der Waals surface area contributed by atoms with Crippen LogP contribution in [0.3, 0.4) is 0 Å². The highest BCUT2D eigenvalue weighted by molar-refractivity contribution is 5.93. The fraction of sp³-hybridized carbons (Fsp3) is 0.409. The normalized spacial score (nSPS) is 27.1. The number of rotatable bonds is 4. The van der Waals surface area contributed by atoms with Crippen LogP contribution in [0, 0.1) is 0 Å². The average Bonchev–Trinajstić information content (AvgIpc) is 3.41. The van der Waals surface area contributed by atoms with Crippen molar-refractivity contribution in [3.05, 3.63) is 60.2 Å². The van der Waals surface area contributed by atoms with Gasteiger partial charge >= 0.3 is 6.03 Å². The van der Waals surface area contributed by atoms with Crippen molar-refractivity contribution in [1.29, 1.82) is 0 Å². The average molecular weight is 365 g/mol. The van der Waals surface area contributed by atoms with Gasteiger partial charge in [0.2, 0.25) is 0 Å². The fourth-order valence-corrected chi connectivity index (χ4v) is 3.98. The zero-order chi connectivity index (χ0) is 18.8. The van der Waals surface area contributed by atoms with Crippen LogP contribution in [-0.2, 0) is 4.74 Å². The molecule has 5 nitrogen and oxygen atoms in total. The summed E-state index contributed by atoms with van der Waals surface area (Å²) >= 11 is 0. The van der Waals surface area contributed by atoms with Crippen molar-refractivity contribution >= 4 is 17.4 Å². The third-order valence-electron chi connectivity index (χ3n) is 5.25. The Balaban J connectivity index is 1.39. The monoisotopic (exact) mass is 365 g/mol. The standard InChI is InChI=1S/C22H27N3O2/c1-15-13-25(14-16(2)27-15)21-11-7-6-10-19(21)23-22(26)24-20-12-18(20)17-8-4-3-5-9-17/h3-11,15-16,18,20H,12-14H2,1-2H3,(H2,23,24,26). The van der Waals surface area contributed by atoms with Crippen molar-refractivity contribution in [1.82, 2.24) is 5.32 Å². The van der Waals surface area contributed by atoms with Gasteiger partial charge in [-0.25, -0.2) is 4.79 Å². The summed E-state index contributed by atoms with van der Waals surface area (Å²) in [6, 6.07) is 18.4. The molecule has 1 aliphatic heterocycles. The molecule has 2 fully saturated rings. The van der Waals surface area contributed by atoms with Crippen LogP contribution < -0.4 is 15.5 Å². The first kappa shape index (κ1) is 17.9. The van der Waals surface area contributed by atoms with Gasteiger partial charge in [0.1, 0.15) is 0 Å². The Labute approximate surface area is 160 Å². The lowest BCUT2D eigenvalue weighted by Gasteiger charge is -2.37. The van der Waals surface area contributed by atoms with E-state index in [9.17, 15) is 4.79 Å². The summed E-state index contributed by atoms with van der Waals surface area (Å²) in [5.74, 6) is 0.424. The molecule has 2 aliphatic rings. The van der Waals surface area contributed by atoms with Gasteiger partial charge in [0.25, 0.3) is 0 Å². The Kier molecular flexibility index (Phi) is 5.03. The Morgan fingerprint density at radius 2 is 1.67 bits per heavy atom. The Bertz CT molecular complexity index is 785. The van der Waals surface area contributed by atoms with Gasteiger partial charge in [-0.2, -0.15) is 0 Å². The maximum Gasteiger partial charge on any atom is 0.319 e. The van der Waals surface area contributed by atoms with Crippen LogP contribution in [0.15, 0.2) is 54.6 Å². The van der Waals surface area contributed by atoms with Gasteiger partial charge in [-0.1, -0.05) is 42.5 Å². The third-order valence-corrected chi connectivity index (χ3v) is 5.25. The van der Waals surface area contributed by atoms with Gasteiger partial charge in [-0.15, -0.1) is 0 Å². The van der Waals surface area contributed by atoms with Crippen LogP contribution in [0.1, 0.15) is 31.7 Å². The van der Waals surface area contributed by atoms with Crippen LogP contribution in [0.2, 0.25) is 0 Å². The number of urea groups is 1. The summed E-state index contributed by atoms with van der Waals surface area (Å²) in [7, 11) is 0. The van der Waals surface area contributed by atoms with Crippen LogP contribution in [0.4, 0.5) is 16.2 Å². The largest absolute Gasteiger partial charge is 0.372 e. The van der Waals surface area contributed by atoms with Gasteiger partial charge in [-0.05, 0) is 38.0 Å². The molecule has 142 valence electrons. The zero-order valence-corrected chi connectivity index (χ0v) is 15.9. The third kappa shape index (κ3) is 4.25. The number of nitrogens with zero attached hydrogens (tertiary/aromatic N) is 1. The van der Waals surface area contributed by atoms with E-state index in [4.69, 9.17) is 4.74 Å². The van der Waals surface area contributed by atoms with E-state index in [2.05, 4.69) is 47.6 Å². The van der Waals surface area contributed by atoms with E-state index in [0.29, 0.717) is 5.92 Å². The number of ether oxygens (including phenoxy) is 1. The predicted octanol–water partition coefficient (Wildman–Crippen LogP) is 3.98. The molecule has 4 rings (SSSR count). The SMILES string of the molecule is CC1CN(c2ccccc2NC(=O)NC2CC2c2ccccc2)CC(C)O1. The smallest absolute Gasteiger partial charge is 0.319 e. The molecule has 5 heteroatoms. The highest BCUT2D eigenvalue weighted by Crippen LogP contribution is 2.40. The van der Waals surface area contributed by atoms with E-state index in [1.165, 1.54) is 5.56 Å². The number of amides is 2. The minimum atomic E-state index is -0.139. The molecule has 1 saturated heterocycles. The van der Waals surface area contributed by atoms with Gasteiger partial charge < -0.3 is 20.3 Å². The van der Waals surface area contributed by atoms with Crippen LogP contribution in [0.5, 0.6) is 0 Å². The van der Waals surface area contributed by atoms with Gasteiger partial charge in [0.15, 0.2) is 0 Å². The molecule has 2 aromatic rings. The van der Waals surface area contributed by atoms with E-state index >= 15 is 0 Å². The molecular formula is C22H27N3O2. The van der Waals surface area contributed by atoms with E-state index in [1.54, 1.807) is 0 Å². The number of para-hydroxylation sites is 2. The van der Waals surface area contributed by atoms with Gasteiger partial charge in [0, 0.05) is 25.0 Å². The lowest BCUT2D eigenvalue weighted by molar-refractivity contribution is -0.00517. The molecule has 1 heterocycles. The number of anilines is 2. The van der Waals surface area contributed by atoms with E-state index in [1.807, 2.05) is 36.4 Å². The first-order chi connectivity index (χ1) is 13.1.